The molecule has 0 N–H and O–H groups in total. The van der Waals surface area contributed by atoms with Gasteiger partial charge in [0.2, 0.25) is 0 Å². The first kappa shape index (κ1) is 19.0. The molecule has 0 saturated heterocycles. The van der Waals surface area contributed by atoms with Crippen LogP contribution in [-0.2, 0) is 17.9 Å². The van der Waals surface area contributed by atoms with Gasteiger partial charge in [-0.3, -0.25) is 14.2 Å². The number of ketones is 1. The van der Waals surface area contributed by atoms with Gasteiger partial charge < -0.3 is 4.74 Å². The average Bonchev–Trinajstić information content (AvgIpc) is 2.68. The lowest BCUT2D eigenvalue weighted by Crippen LogP contribution is -2.41. The predicted molar refractivity (Wildman–Crippen MR) is 103 cm³/mol. The molecule has 0 amide bonds. The topological polar surface area (TPSA) is 87.4 Å². The molecule has 0 aliphatic rings. The third-order valence-corrected chi connectivity index (χ3v) is 4.12. The summed E-state index contributed by atoms with van der Waals surface area (Å²) < 4.78 is 7.34. The van der Waals surface area contributed by atoms with Gasteiger partial charge in [0.05, 0.1) is 6.54 Å². The SMILES string of the molecule is CC(=O)c1ccc(OC(=O)Cn2c(=O)ccn(Cc3ccccc3)c2=O)cc1. The second-order valence-corrected chi connectivity index (χ2v) is 6.19. The van der Waals surface area contributed by atoms with Crippen LogP contribution in [0, 0.1) is 0 Å². The zero-order valence-electron chi connectivity index (χ0n) is 15.2. The van der Waals surface area contributed by atoms with E-state index in [9.17, 15) is 19.2 Å². The van der Waals surface area contributed by atoms with Crippen molar-refractivity contribution in [1.82, 2.24) is 9.13 Å². The summed E-state index contributed by atoms with van der Waals surface area (Å²) in [6.45, 7) is 1.20. The number of benzene rings is 2. The normalized spacial score (nSPS) is 10.5. The standard InChI is InChI=1S/C21H18N2O5/c1-15(24)17-7-9-18(10-8-17)28-20(26)14-23-19(25)11-12-22(21(23)27)13-16-5-3-2-4-6-16/h2-12H,13-14H2,1H3. The summed E-state index contributed by atoms with van der Waals surface area (Å²) in [6.07, 6.45) is 1.40. The maximum Gasteiger partial charge on any atom is 0.331 e. The fourth-order valence-electron chi connectivity index (χ4n) is 2.65. The molecule has 7 heteroatoms. The van der Waals surface area contributed by atoms with Crippen molar-refractivity contribution >= 4 is 11.8 Å². The molecule has 7 nitrogen and oxygen atoms in total. The first-order valence-electron chi connectivity index (χ1n) is 8.60. The number of carbonyl (C=O) groups is 2. The monoisotopic (exact) mass is 378 g/mol. The second kappa shape index (κ2) is 8.30. The lowest BCUT2D eigenvalue weighted by Gasteiger charge is -2.10. The smallest absolute Gasteiger partial charge is 0.331 e. The Morgan fingerprint density at radius 2 is 1.61 bits per heavy atom. The molecule has 3 aromatic rings. The van der Waals surface area contributed by atoms with Crippen LogP contribution in [0.2, 0.25) is 0 Å². The summed E-state index contributed by atoms with van der Waals surface area (Å²) in [6, 6.07) is 16.6. The number of rotatable bonds is 6. The first-order chi connectivity index (χ1) is 13.4. The zero-order chi connectivity index (χ0) is 20.1. The van der Waals surface area contributed by atoms with Gasteiger partial charge in [0.15, 0.2) is 5.78 Å². The Hall–Kier alpha value is -3.74. The highest BCUT2D eigenvalue weighted by molar-refractivity contribution is 5.94. The summed E-state index contributed by atoms with van der Waals surface area (Å²) in [5.41, 5.74) is 0.198. The molecule has 0 atom stereocenters. The molecule has 0 radical (unpaired) electrons. The van der Waals surface area contributed by atoms with Gasteiger partial charge in [-0.05, 0) is 36.8 Å². The van der Waals surface area contributed by atoms with Crippen molar-refractivity contribution in [1.29, 1.82) is 0 Å². The summed E-state index contributed by atoms with van der Waals surface area (Å²) in [5.74, 6) is -0.636. The van der Waals surface area contributed by atoms with E-state index in [1.165, 1.54) is 48.0 Å². The molecule has 0 aliphatic carbocycles. The zero-order valence-corrected chi connectivity index (χ0v) is 15.2. The van der Waals surface area contributed by atoms with E-state index in [1.807, 2.05) is 30.3 Å². The van der Waals surface area contributed by atoms with Crippen molar-refractivity contribution in [3.8, 4) is 5.75 Å². The molecular weight excluding hydrogens is 360 g/mol. The van der Waals surface area contributed by atoms with Crippen LogP contribution in [0.5, 0.6) is 5.75 Å². The molecular formula is C21H18N2O5. The minimum atomic E-state index is -0.757. The number of ether oxygens (including phenoxy) is 1. The number of carbonyl (C=O) groups excluding carboxylic acids is 2. The van der Waals surface area contributed by atoms with E-state index in [2.05, 4.69) is 0 Å². The Morgan fingerprint density at radius 1 is 0.929 bits per heavy atom. The lowest BCUT2D eigenvalue weighted by atomic mass is 10.1. The van der Waals surface area contributed by atoms with E-state index in [-0.39, 0.29) is 18.1 Å². The molecule has 1 heterocycles. The molecule has 0 aliphatic heterocycles. The van der Waals surface area contributed by atoms with Crippen molar-refractivity contribution in [3.05, 3.63) is 98.8 Å². The van der Waals surface area contributed by atoms with Gasteiger partial charge in [0, 0.05) is 17.8 Å². The van der Waals surface area contributed by atoms with Gasteiger partial charge in [-0.25, -0.2) is 14.2 Å². The van der Waals surface area contributed by atoms with Crippen molar-refractivity contribution in [3.63, 3.8) is 0 Å². The van der Waals surface area contributed by atoms with Crippen LogP contribution in [-0.4, -0.2) is 20.9 Å². The van der Waals surface area contributed by atoms with Gasteiger partial charge in [0.25, 0.3) is 5.56 Å². The molecule has 28 heavy (non-hydrogen) atoms. The summed E-state index contributed by atoms with van der Waals surface area (Å²) >= 11 is 0. The minimum Gasteiger partial charge on any atom is -0.425 e. The number of esters is 1. The van der Waals surface area contributed by atoms with Gasteiger partial charge in [0.1, 0.15) is 12.3 Å². The fourth-order valence-corrected chi connectivity index (χ4v) is 2.65. The molecule has 0 fully saturated rings. The van der Waals surface area contributed by atoms with Gasteiger partial charge in [-0.2, -0.15) is 0 Å². The van der Waals surface area contributed by atoms with Crippen LogP contribution in [0.3, 0.4) is 0 Å². The van der Waals surface area contributed by atoms with Crippen LogP contribution >= 0.6 is 0 Å². The van der Waals surface area contributed by atoms with Crippen molar-refractivity contribution < 1.29 is 14.3 Å². The minimum absolute atomic E-state index is 0.104. The molecule has 3 rings (SSSR count). The molecule has 142 valence electrons. The maximum absolute atomic E-state index is 12.6. The Labute approximate surface area is 160 Å². The molecule has 0 bridgehead atoms. The second-order valence-electron chi connectivity index (χ2n) is 6.19. The average molecular weight is 378 g/mol. The predicted octanol–water partition coefficient (Wildman–Crippen LogP) is 1.87. The Morgan fingerprint density at radius 3 is 2.25 bits per heavy atom. The molecule has 1 aromatic heterocycles. The highest BCUT2D eigenvalue weighted by Gasteiger charge is 2.12. The molecule has 0 spiro atoms. The Kier molecular flexibility index (Phi) is 5.64. The molecule has 0 unspecified atom stereocenters. The summed E-state index contributed by atoms with van der Waals surface area (Å²) in [4.78, 5) is 48.1. The third kappa shape index (κ3) is 4.50. The van der Waals surface area contributed by atoms with Gasteiger partial charge in [-0.15, -0.1) is 0 Å². The summed E-state index contributed by atoms with van der Waals surface area (Å²) in [7, 11) is 0. The van der Waals surface area contributed by atoms with Crippen molar-refractivity contribution in [2.24, 2.45) is 0 Å². The van der Waals surface area contributed by atoms with Crippen LogP contribution in [0.25, 0.3) is 0 Å². The van der Waals surface area contributed by atoms with Crippen LogP contribution < -0.4 is 16.0 Å². The number of nitrogens with zero attached hydrogens (tertiary/aromatic N) is 2. The van der Waals surface area contributed by atoms with E-state index >= 15 is 0 Å². The fraction of sp³-hybridized carbons (Fsp3) is 0.143. The van der Waals surface area contributed by atoms with Crippen molar-refractivity contribution in [2.45, 2.75) is 20.0 Å². The third-order valence-electron chi connectivity index (χ3n) is 4.12. The quantitative estimate of drug-likeness (QED) is 0.371. The van der Waals surface area contributed by atoms with Gasteiger partial charge in [-0.1, -0.05) is 30.3 Å². The van der Waals surface area contributed by atoms with E-state index < -0.39 is 23.8 Å². The Bertz CT molecular complexity index is 1110. The number of aromatic nitrogens is 2. The lowest BCUT2D eigenvalue weighted by molar-refractivity contribution is -0.135. The highest BCUT2D eigenvalue weighted by atomic mass is 16.5. The van der Waals surface area contributed by atoms with E-state index in [4.69, 9.17) is 4.74 Å². The number of hydrogen-bond acceptors (Lipinski definition) is 5. The van der Waals surface area contributed by atoms with Crippen molar-refractivity contribution in [2.75, 3.05) is 0 Å². The summed E-state index contributed by atoms with van der Waals surface area (Å²) in [5, 5.41) is 0. The van der Waals surface area contributed by atoms with Crippen LogP contribution in [0.15, 0.2) is 76.4 Å². The van der Waals surface area contributed by atoms with Crippen LogP contribution in [0.1, 0.15) is 22.8 Å². The van der Waals surface area contributed by atoms with E-state index in [1.54, 1.807) is 0 Å². The van der Waals surface area contributed by atoms with E-state index in [0.29, 0.717) is 5.56 Å². The molecule has 2 aromatic carbocycles. The Balaban J connectivity index is 1.76. The largest absolute Gasteiger partial charge is 0.425 e. The van der Waals surface area contributed by atoms with Gasteiger partial charge >= 0.3 is 11.7 Å². The first-order valence-corrected chi connectivity index (χ1v) is 8.60. The highest BCUT2D eigenvalue weighted by Crippen LogP contribution is 2.12. The molecule has 0 saturated carbocycles. The number of hydrogen-bond donors (Lipinski definition) is 0. The van der Waals surface area contributed by atoms with Crippen LogP contribution in [0.4, 0.5) is 0 Å². The number of Topliss-reactive ketones (excluding diaryl/α,β-unsaturated/α-hetero) is 1. The van der Waals surface area contributed by atoms with E-state index in [0.717, 1.165) is 10.1 Å². The maximum atomic E-state index is 12.6.